The van der Waals surface area contributed by atoms with E-state index in [4.69, 9.17) is 17.4 Å². The molecule has 3 N–H and O–H groups in total. The van der Waals surface area contributed by atoms with Crippen LogP contribution in [0.15, 0.2) is 18.2 Å². The summed E-state index contributed by atoms with van der Waals surface area (Å²) in [6.45, 7) is 0. The molecule has 0 aromatic heterocycles. The van der Waals surface area contributed by atoms with E-state index in [0.29, 0.717) is 5.69 Å². The lowest BCUT2D eigenvalue weighted by molar-refractivity contribution is -0.117. The number of terminal acetylenes is 1. The van der Waals surface area contributed by atoms with E-state index >= 15 is 0 Å². The van der Waals surface area contributed by atoms with Gasteiger partial charge in [0, 0.05) is 12.1 Å². The molecule has 0 spiro atoms. The second-order valence-electron chi connectivity index (χ2n) is 3.31. The minimum absolute atomic E-state index is 0.109. The van der Waals surface area contributed by atoms with Crippen LogP contribution in [0.25, 0.3) is 0 Å². The van der Waals surface area contributed by atoms with Crippen molar-refractivity contribution in [3.8, 4) is 18.4 Å². The lowest BCUT2D eigenvalue weighted by Crippen LogP contribution is -2.35. The Labute approximate surface area is 98.2 Å². The highest BCUT2D eigenvalue weighted by Crippen LogP contribution is 2.14. The molecule has 0 saturated heterocycles. The second-order valence-corrected chi connectivity index (χ2v) is 3.31. The van der Waals surface area contributed by atoms with Gasteiger partial charge in [0.1, 0.15) is 11.9 Å². The third-order valence-corrected chi connectivity index (χ3v) is 2.03. The third kappa shape index (κ3) is 3.30. The molecule has 0 aliphatic rings. The molecule has 5 heteroatoms. The third-order valence-electron chi connectivity index (χ3n) is 2.03. The first kappa shape index (κ1) is 12.7. The van der Waals surface area contributed by atoms with Crippen molar-refractivity contribution in [2.75, 3.05) is 5.32 Å². The van der Waals surface area contributed by atoms with Crippen molar-refractivity contribution in [2.24, 2.45) is 5.73 Å². The Hall–Kier alpha value is -2.37. The number of halogens is 1. The smallest absolute Gasteiger partial charge is 0.242 e. The zero-order chi connectivity index (χ0) is 12.8. The Kier molecular flexibility index (Phi) is 4.21. The number of benzene rings is 1. The molecule has 1 rings (SSSR count). The van der Waals surface area contributed by atoms with Crippen LogP contribution in [0.1, 0.15) is 12.0 Å². The fourth-order valence-electron chi connectivity index (χ4n) is 1.14. The standard InChI is InChI=1S/C12H10FN3O/c1-2-3-11(15)12(17)16-9-4-5-10(13)8(6-9)7-14/h1,4-6,11H,3,15H2,(H,16,17). The van der Waals surface area contributed by atoms with Crippen molar-refractivity contribution < 1.29 is 9.18 Å². The Morgan fingerprint density at radius 1 is 1.65 bits per heavy atom. The number of nitrogens with one attached hydrogen (secondary N) is 1. The Morgan fingerprint density at radius 3 is 2.94 bits per heavy atom. The summed E-state index contributed by atoms with van der Waals surface area (Å²) in [6.07, 6.45) is 5.13. The molecule has 0 aliphatic carbocycles. The molecule has 0 radical (unpaired) electrons. The highest BCUT2D eigenvalue weighted by Gasteiger charge is 2.12. The molecule has 86 valence electrons. The number of anilines is 1. The first-order chi connectivity index (χ1) is 8.08. The van der Waals surface area contributed by atoms with Crippen LogP contribution in [-0.2, 0) is 4.79 Å². The van der Waals surface area contributed by atoms with Gasteiger partial charge in [-0.15, -0.1) is 12.3 Å². The number of nitrogens with two attached hydrogens (primary N) is 1. The Balaban J connectivity index is 2.80. The van der Waals surface area contributed by atoms with Gasteiger partial charge >= 0.3 is 0 Å². The van der Waals surface area contributed by atoms with Gasteiger partial charge < -0.3 is 11.1 Å². The van der Waals surface area contributed by atoms with Crippen molar-refractivity contribution in [3.63, 3.8) is 0 Å². The molecule has 1 atom stereocenters. The van der Waals surface area contributed by atoms with Crippen LogP contribution >= 0.6 is 0 Å². The van der Waals surface area contributed by atoms with E-state index in [0.717, 1.165) is 6.07 Å². The number of carbonyl (C=O) groups excluding carboxylic acids is 1. The monoisotopic (exact) mass is 231 g/mol. The van der Waals surface area contributed by atoms with Gasteiger partial charge in [-0.3, -0.25) is 4.79 Å². The molecule has 0 bridgehead atoms. The van der Waals surface area contributed by atoms with E-state index in [-0.39, 0.29) is 12.0 Å². The first-order valence-electron chi connectivity index (χ1n) is 4.78. The quantitative estimate of drug-likeness (QED) is 0.761. The van der Waals surface area contributed by atoms with Crippen molar-refractivity contribution in [1.82, 2.24) is 0 Å². The topological polar surface area (TPSA) is 78.9 Å². The maximum atomic E-state index is 13.0. The van der Waals surface area contributed by atoms with Crippen molar-refractivity contribution in [3.05, 3.63) is 29.6 Å². The Morgan fingerprint density at radius 2 is 2.35 bits per heavy atom. The van der Waals surface area contributed by atoms with Crippen LogP contribution in [0.2, 0.25) is 0 Å². The Bertz CT molecular complexity index is 513. The van der Waals surface area contributed by atoms with Crippen LogP contribution in [0.4, 0.5) is 10.1 Å². The summed E-state index contributed by atoms with van der Waals surface area (Å²) in [4.78, 5) is 11.5. The molecule has 0 saturated carbocycles. The van der Waals surface area contributed by atoms with E-state index in [1.54, 1.807) is 6.07 Å². The van der Waals surface area contributed by atoms with Gasteiger partial charge in [0.05, 0.1) is 11.6 Å². The average molecular weight is 231 g/mol. The largest absolute Gasteiger partial charge is 0.325 e. The highest BCUT2D eigenvalue weighted by molar-refractivity contribution is 5.94. The number of nitriles is 1. The molecule has 17 heavy (non-hydrogen) atoms. The van der Waals surface area contributed by atoms with E-state index in [1.807, 2.05) is 0 Å². The lowest BCUT2D eigenvalue weighted by Gasteiger charge is -2.09. The fourth-order valence-corrected chi connectivity index (χ4v) is 1.14. The molecule has 0 heterocycles. The molecular weight excluding hydrogens is 221 g/mol. The van der Waals surface area contributed by atoms with Crippen LogP contribution in [0.5, 0.6) is 0 Å². The minimum Gasteiger partial charge on any atom is -0.325 e. The summed E-state index contributed by atoms with van der Waals surface area (Å²) in [5.74, 6) is 1.15. The van der Waals surface area contributed by atoms with E-state index in [2.05, 4.69) is 11.2 Å². The maximum Gasteiger partial charge on any atom is 0.242 e. The van der Waals surface area contributed by atoms with Gasteiger partial charge in [0.15, 0.2) is 0 Å². The summed E-state index contributed by atoms with van der Waals surface area (Å²) in [5.41, 5.74) is 5.64. The van der Waals surface area contributed by atoms with Gasteiger partial charge in [-0.05, 0) is 18.2 Å². The second kappa shape index (κ2) is 5.64. The van der Waals surface area contributed by atoms with E-state index < -0.39 is 17.8 Å². The lowest BCUT2D eigenvalue weighted by atomic mass is 10.2. The van der Waals surface area contributed by atoms with Crippen molar-refractivity contribution >= 4 is 11.6 Å². The van der Waals surface area contributed by atoms with Gasteiger partial charge in [-0.2, -0.15) is 5.26 Å². The summed E-state index contributed by atoms with van der Waals surface area (Å²) < 4.78 is 13.0. The molecule has 1 aromatic rings. The zero-order valence-electron chi connectivity index (χ0n) is 8.90. The first-order valence-corrected chi connectivity index (χ1v) is 4.78. The van der Waals surface area contributed by atoms with E-state index in [9.17, 15) is 9.18 Å². The molecule has 1 aromatic carbocycles. The number of carbonyl (C=O) groups is 1. The SMILES string of the molecule is C#CCC(N)C(=O)Nc1ccc(F)c(C#N)c1. The fraction of sp³-hybridized carbons (Fsp3) is 0.167. The molecular formula is C12H10FN3O. The van der Waals surface area contributed by atoms with E-state index in [1.165, 1.54) is 12.1 Å². The zero-order valence-corrected chi connectivity index (χ0v) is 8.90. The average Bonchev–Trinajstić information content (AvgIpc) is 2.31. The van der Waals surface area contributed by atoms with Crippen molar-refractivity contribution in [1.29, 1.82) is 5.26 Å². The van der Waals surface area contributed by atoms with Crippen molar-refractivity contribution in [2.45, 2.75) is 12.5 Å². The summed E-state index contributed by atoms with van der Waals surface area (Å²) in [5, 5.41) is 11.1. The highest BCUT2D eigenvalue weighted by atomic mass is 19.1. The molecule has 0 fully saturated rings. The number of amides is 1. The summed E-state index contributed by atoms with van der Waals surface area (Å²) in [6, 6.07) is 4.52. The predicted molar refractivity (Wildman–Crippen MR) is 61.2 cm³/mol. The number of hydrogen-bond donors (Lipinski definition) is 2. The number of rotatable bonds is 3. The maximum absolute atomic E-state index is 13.0. The summed E-state index contributed by atoms with van der Waals surface area (Å²) >= 11 is 0. The number of hydrogen-bond acceptors (Lipinski definition) is 3. The minimum atomic E-state index is -0.824. The molecule has 1 unspecified atom stereocenters. The van der Waals surface area contributed by atoms with Gasteiger partial charge in [0.25, 0.3) is 0 Å². The molecule has 0 aliphatic heterocycles. The predicted octanol–water partition coefficient (Wildman–Crippen LogP) is 0.986. The van der Waals surface area contributed by atoms with Gasteiger partial charge in [-0.1, -0.05) is 0 Å². The van der Waals surface area contributed by atoms with Gasteiger partial charge in [-0.25, -0.2) is 4.39 Å². The van der Waals surface area contributed by atoms with Crippen LogP contribution in [0.3, 0.4) is 0 Å². The number of nitrogens with zero attached hydrogens (tertiary/aromatic N) is 1. The van der Waals surface area contributed by atoms with Crippen LogP contribution < -0.4 is 11.1 Å². The van der Waals surface area contributed by atoms with Crippen LogP contribution in [0, 0.1) is 29.5 Å². The van der Waals surface area contributed by atoms with Gasteiger partial charge in [0.2, 0.25) is 5.91 Å². The summed E-state index contributed by atoms with van der Waals surface area (Å²) in [7, 11) is 0. The molecule has 1 amide bonds. The normalized spacial score (nSPS) is 11.1. The molecule has 4 nitrogen and oxygen atoms in total. The van der Waals surface area contributed by atoms with Crippen LogP contribution in [-0.4, -0.2) is 11.9 Å².